The summed E-state index contributed by atoms with van der Waals surface area (Å²) in [5, 5.41) is 13.3. The van der Waals surface area contributed by atoms with Crippen molar-refractivity contribution >= 4 is 33.6 Å². The SMILES string of the molecule is O=C(CCCCCNC(=O)c1cc2c(cn1)[nH]c1ccccc12)NO. The van der Waals surface area contributed by atoms with Crippen LogP contribution < -0.4 is 10.8 Å². The Morgan fingerprint density at radius 1 is 1.08 bits per heavy atom. The van der Waals surface area contributed by atoms with Gasteiger partial charge in [-0.05, 0) is 25.0 Å². The third-order valence-corrected chi connectivity index (χ3v) is 4.11. The molecular formula is C18H20N4O3. The smallest absolute Gasteiger partial charge is 0.269 e. The lowest BCUT2D eigenvalue weighted by atomic mass is 10.1. The number of H-pyrrole nitrogens is 1. The second kappa shape index (κ2) is 7.76. The van der Waals surface area contributed by atoms with Gasteiger partial charge in [0.1, 0.15) is 5.69 Å². The largest absolute Gasteiger partial charge is 0.353 e. The van der Waals surface area contributed by atoms with E-state index in [1.165, 1.54) is 0 Å². The number of fused-ring (bicyclic) bond motifs is 3. The second-order valence-corrected chi connectivity index (χ2v) is 5.89. The fourth-order valence-corrected chi connectivity index (χ4v) is 2.81. The van der Waals surface area contributed by atoms with E-state index in [0.29, 0.717) is 18.7 Å². The Hall–Kier alpha value is -2.93. The molecule has 1 aromatic carbocycles. The van der Waals surface area contributed by atoms with Crippen LogP contribution in [0.4, 0.5) is 0 Å². The second-order valence-electron chi connectivity index (χ2n) is 5.89. The van der Waals surface area contributed by atoms with Crippen molar-refractivity contribution in [3.63, 3.8) is 0 Å². The van der Waals surface area contributed by atoms with E-state index >= 15 is 0 Å². The molecule has 0 spiro atoms. The molecule has 7 nitrogen and oxygen atoms in total. The molecule has 0 saturated heterocycles. The number of pyridine rings is 1. The van der Waals surface area contributed by atoms with E-state index in [0.717, 1.165) is 34.6 Å². The summed E-state index contributed by atoms with van der Waals surface area (Å²) in [6.45, 7) is 0.521. The van der Waals surface area contributed by atoms with Gasteiger partial charge in [-0.3, -0.25) is 14.8 Å². The summed E-state index contributed by atoms with van der Waals surface area (Å²) in [6.07, 6.45) is 4.19. The summed E-state index contributed by atoms with van der Waals surface area (Å²) >= 11 is 0. The van der Waals surface area contributed by atoms with Crippen molar-refractivity contribution in [3.05, 3.63) is 42.2 Å². The first-order valence-electron chi connectivity index (χ1n) is 8.26. The lowest BCUT2D eigenvalue weighted by Gasteiger charge is -2.05. The number of unbranched alkanes of at least 4 members (excludes halogenated alkanes) is 2. The number of aromatic amines is 1. The monoisotopic (exact) mass is 340 g/mol. The maximum absolute atomic E-state index is 12.3. The number of rotatable bonds is 7. The van der Waals surface area contributed by atoms with Crippen molar-refractivity contribution in [2.75, 3.05) is 6.54 Å². The van der Waals surface area contributed by atoms with Crippen molar-refractivity contribution in [3.8, 4) is 0 Å². The van der Waals surface area contributed by atoms with Crippen LogP contribution in [0.1, 0.15) is 36.2 Å². The van der Waals surface area contributed by atoms with Gasteiger partial charge in [-0.25, -0.2) is 10.5 Å². The Bertz CT molecular complexity index is 904. The van der Waals surface area contributed by atoms with Gasteiger partial charge in [0, 0.05) is 29.3 Å². The van der Waals surface area contributed by atoms with Crippen LogP contribution in [0.5, 0.6) is 0 Å². The molecule has 0 aliphatic rings. The van der Waals surface area contributed by atoms with E-state index in [9.17, 15) is 9.59 Å². The van der Waals surface area contributed by atoms with Gasteiger partial charge in [0.05, 0.1) is 11.7 Å². The lowest BCUT2D eigenvalue weighted by Crippen LogP contribution is -2.25. The number of amides is 2. The molecule has 3 rings (SSSR count). The highest BCUT2D eigenvalue weighted by atomic mass is 16.5. The van der Waals surface area contributed by atoms with Crippen molar-refractivity contribution in [2.24, 2.45) is 0 Å². The van der Waals surface area contributed by atoms with Crippen molar-refractivity contribution in [2.45, 2.75) is 25.7 Å². The number of nitrogens with one attached hydrogen (secondary N) is 3. The minimum absolute atomic E-state index is 0.208. The molecule has 2 amide bonds. The molecule has 130 valence electrons. The summed E-state index contributed by atoms with van der Waals surface area (Å²) in [4.78, 5) is 30.6. The van der Waals surface area contributed by atoms with Crippen LogP contribution in [0.3, 0.4) is 0 Å². The quantitative estimate of drug-likeness (QED) is 0.301. The van der Waals surface area contributed by atoms with Crippen LogP contribution in [0, 0.1) is 0 Å². The third kappa shape index (κ3) is 3.95. The van der Waals surface area contributed by atoms with E-state index < -0.39 is 0 Å². The zero-order chi connectivity index (χ0) is 17.6. The van der Waals surface area contributed by atoms with Gasteiger partial charge in [-0.1, -0.05) is 24.6 Å². The molecule has 25 heavy (non-hydrogen) atoms. The number of hydrogen-bond donors (Lipinski definition) is 4. The third-order valence-electron chi connectivity index (χ3n) is 4.11. The fourth-order valence-electron chi connectivity index (χ4n) is 2.81. The first-order chi connectivity index (χ1) is 12.2. The number of aromatic nitrogens is 2. The average Bonchev–Trinajstić information content (AvgIpc) is 3.01. The molecule has 0 aliphatic heterocycles. The average molecular weight is 340 g/mol. The number of hydroxylamine groups is 1. The molecule has 3 aromatic rings. The van der Waals surface area contributed by atoms with E-state index in [1.54, 1.807) is 17.7 Å². The van der Waals surface area contributed by atoms with Crippen LogP contribution >= 0.6 is 0 Å². The maximum atomic E-state index is 12.3. The fraction of sp³-hybridized carbons (Fsp3) is 0.278. The molecule has 0 unspecified atom stereocenters. The zero-order valence-corrected chi connectivity index (χ0v) is 13.7. The minimum atomic E-state index is -0.389. The van der Waals surface area contributed by atoms with Crippen LogP contribution in [0.2, 0.25) is 0 Å². The van der Waals surface area contributed by atoms with Crippen molar-refractivity contribution in [1.29, 1.82) is 0 Å². The van der Waals surface area contributed by atoms with E-state index in [-0.39, 0.29) is 18.2 Å². The normalized spacial score (nSPS) is 10.9. The molecule has 0 radical (unpaired) electrons. The van der Waals surface area contributed by atoms with Gasteiger partial charge in [0.2, 0.25) is 5.91 Å². The highest BCUT2D eigenvalue weighted by molar-refractivity contribution is 6.09. The van der Waals surface area contributed by atoms with Gasteiger partial charge < -0.3 is 10.3 Å². The number of benzene rings is 1. The number of carbonyl (C=O) groups is 2. The Morgan fingerprint density at radius 3 is 2.76 bits per heavy atom. The molecule has 7 heteroatoms. The van der Waals surface area contributed by atoms with Crippen LogP contribution in [-0.4, -0.2) is 33.5 Å². The van der Waals surface area contributed by atoms with Gasteiger partial charge in [-0.15, -0.1) is 0 Å². The Kier molecular flexibility index (Phi) is 5.25. The van der Waals surface area contributed by atoms with Gasteiger partial charge in [-0.2, -0.15) is 0 Å². The van der Waals surface area contributed by atoms with Gasteiger partial charge in [0.25, 0.3) is 5.91 Å². The van der Waals surface area contributed by atoms with E-state index in [1.807, 2.05) is 24.3 Å². The summed E-state index contributed by atoms with van der Waals surface area (Å²) in [6, 6.07) is 9.73. The number of para-hydroxylation sites is 1. The van der Waals surface area contributed by atoms with Gasteiger partial charge >= 0.3 is 0 Å². The minimum Gasteiger partial charge on any atom is -0.353 e. The van der Waals surface area contributed by atoms with Gasteiger partial charge in [0.15, 0.2) is 0 Å². The first-order valence-corrected chi connectivity index (χ1v) is 8.26. The Morgan fingerprint density at radius 2 is 1.92 bits per heavy atom. The van der Waals surface area contributed by atoms with E-state index in [4.69, 9.17) is 5.21 Å². The van der Waals surface area contributed by atoms with Crippen molar-refractivity contribution in [1.82, 2.24) is 20.8 Å². The number of nitrogens with zero attached hydrogens (tertiary/aromatic N) is 1. The highest BCUT2D eigenvalue weighted by Gasteiger charge is 2.10. The molecule has 2 heterocycles. The topological polar surface area (TPSA) is 107 Å². The van der Waals surface area contributed by atoms with Crippen molar-refractivity contribution < 1.29 is 14.8 Å². The summed E-state index contributed by atoms with van der Waals surface area (Å²) < 4.78 is 0. The predicted octanol–water partition coefficient (Wildman–Crippen LogP) is 2.51. The van der Waals surface area contributed by atoms with Crippen LogP contribution in [-0.2, 0) is 4.79 Å². The number of carbonyl (C=O) groups excluding carboxylic acids is 2. The number of hydrogen-bond acceptors (Lipinski definition) is 4. The Balaban J connectivity index is 1.57. The maximum Gasteiger partial charge on any atom is 0.269 e. The molecule has 2 aromatic heterocycles. The molecule has 4 N–H and O–H groups in total. The van der Waals surface area contributed by atoms with Crippen LogP contribution in [0.15, 0.2) is 36.5 Å². The molecule has 0 bridgehead atoms. The summed E-state index contributed by atoms with van der Waals surface area (Å²) in [5.74, 6) is -0.597. The molecular weight excluding hydrogens is 320 g/mol. The zero-order valence-electron chi connectivity index (χ0n) is 13.7. The lowest BCUT2D eigenvalue weighted by molar-refractivity contribution is -0.129. The standard InChI is InChI=1S/C18H20N4O3/c23-17(22-25)8-2-1-5-9-19-18(24)15-10-13-12-6-3-4-7-14(12)21-16(13)11-20-15/h3-4,6-7,10-11,21,25H,1-2,5,8-9H2,(H,19,24)(H,22,23). The predicted molar refractivity (Wildman–Crippen MR) is 94.3 cm³/mol. The molecule has 0 saturated carbocycles. The molecule has 0 atom stereocenters. The first kappa shape index (κ1) is 16.9. The van der Waals surface area contributed by atoms with E-state index in [2.05, 4.69) is 15.3 Å². The van der Waals surface area contributed by atoms with Crippen LogP contribution in [0.25, 0.3) is 21.8 Å². The Labute approximate surface area is 144 Å². The summed E-state index contributed by atoms with van der Waals surface area (Å²) in [5.41, 5.74) is 3.91. The molecule has 0 aliphatic carbocycles. The highest BCUT2D eigenvalue weighted by Crippen LogP contribution is 2.24. The summed E-state index contributed by atoms with van der Waals surface area (Å²) in [7, 11) is 0. The molecule has 0 fully saturated rings.